The first-order valence-electron chi connectivity index (χ1n) is 8.23. The van der Waals surface area contributed by atoms with Crippen molar-refractivity contribution in [3.63, 3.8) is 0 Å². The van der Waals surface area contributed by atoms with E-state index in [2.05, 4.69) is 61.6 Å². The van der Waals surface area contributed by atoms with E-state index in [9.17, 15) is 0 Å². The van der Waals surface area contributed by atoms with Crippen molar-refractivity contribution in [1.29, 1.82) is 0 Å². The van der Waals surface area contributed by atoms with Gasteiger partial charge in [0, 0.05) is 11.7 Å². The first-order valence-corrected chi connectivity index (χ1v) is 8.23. The zero-order chi connectivity index (χ0) is 14.7. The Hall–Kier alpha value is -1.76. The Balaban J connectivity index is 1.69. The minimum absolute atomic E-state index is 0.355. The van der Waals surface area contributed by atoms with Gasteiger partial charge in [0.15, 0.2) is 0 Å². The van der Waals surface area contributed by atoms with E-state index >= 15 is 0 Å². The average molecular weight is 279 g/mol. The van der Waals surface area contributed by atoms with Crippen LogP contribution in [0, 0.1) is 0 Å². The molecule has 0 fully saturated rings. The molecule has 21 heavy (non-hydrogen) atoms. The topological polar surface area (TPSA) is 12.0 Å². The molecular formula is C20H25N. The molecule has 3 rings (SSSR count). The molecule has 0 radical (unpaired) electrons. The van der Waals surface area contributed by atoms with Crippen LogP contribution in [0.1, 0.15) is 55.0 Å². The first-order chi connectivity index (χ1) is 10.3. The van der Waals surface area contributed by atoms with Crippen molar-refractivity contribution in [2.45, 2.75) is 52.0 Å². The molecule has 1 aliphatic rings. The SMILES string of the molecule is CCCc1ccc(NC(C)c2ccc3c(c2)CCC3)cc1. The van der Waals surface area contributed by atoms with Crippen LogP contribution in [0.3, 0.4) is 0 Å². The standard InChI is InChI=1S/C20H25N/c1-3-5-16-8-12-20(13-9-16)21-15(2)18-11-10-17-6-4-7-19(17)14-18/h8-15,21H,3-7H2,1-2H3. The van der Waals surface area contributed by atoms with Crippen LogP contribution in [0.5, 0.6) is 0 Å². The maximum absolute atomic E-state index is 3.62. The Labute approximate surface area is 128 Å². The highest BCUT2D eigenvalue weighted by Gasteiger charge is 2.13. The van der Waals surface area contributed by atoms with Gasteiger partial charge in [-0.3, -0.25) is 0 Å². The molecule has 0 spiro atoms. The van der Waals surface area contributed by atoms with Gasteiger partial charge in [0.25, 0.3) is 0 Å². The molecule has 0 heterocycles. The summed E-state index contributed by atoms with van der Waals surface area (Å²) in [6.45, 7) is 4.47. The first kappa shape index (κ1) is 14.2. The molecule has 0 bridgehead atoms. The van der Waals surface area contributed by atoms with Gasteiger partial charge >= 0.3 is 0 Å². The van der Waals surface area contributed by atoms with Gasteiger partial charge in [-0.15, -0.1) is 0 Å². The third kappa shape index (κ3) is 3.29. The molecule has 1 N–H and O–H groups in total. The number of benzene rings is 2. The molecule has 2 aromatic carbocycles. The molecule has 1 nitrogen and oxygen atoms in total. The van der Waals surface area contributed by atoms with Crippen LogP contribution in [0.15, 0.2) is 42.5 Å². The number of aryl methyl sites for hydroxylation is 3. The Kier molecular flexibility index (Phi) is 4.28. The lowest BCUT2D eigenvalue weighted by molar-refractivity contribution is 0.878. The van der Waals surface area contributed by atoms with Crippen molar-refractivity contribution in [3.05, 3.63) is 64.7 Å². The summed E-state index contributed by atoms with van der Waals surface area (Å²) in [5.74, 6) is 0. The van der Waals surface area contributed by atoms with Crippen LogP contribution in [0.25, 0.3) is 0 Å². The summed E-state index contributed by atoms with van der Waals surface area (Å²) in [5.41, 5.74) is 7.14. The maximum atomic E-state index is 3.62. The monoisotopic (exact) mass is 279 g/mol. The Bertz CT molecular complexity index is 598. The van der Waals surface area contributed by atoms with E-state index in [0.29, 0.717) is 6.04 Å². The van der Waals surface area contributed by atoms with Crippen molar-refractivity contribution in [3.8, 4) is 0 Å². The van der Waals surface area contributed by atoms with E-state index in [1.54, 1.807) is 11.1 Å². The smallest absolute Gasteiger partial charge is 0.0485 e. The number of rotatable bonds is 5. The van der Waals surface area contributed by atoms with Gasteiger partial charge in [0.1, 0.15) is 0 Å². The van der Waals surface area contributed by atoms with E-state index in [1.165, 1.54) is 48.9 Å². The number of anilines is 1. The highest BCUT2D eigenvalue weighted by Crippen LogP contribution is 2.27. The molecule has 1 aliphatic carbocycles. The highest BCUT2D eigenvalue weighted by molar-refractivity contribution is 5.47. The lowest BCUT2D eigenvalue weighted by Gasteiger charge is -2.17. The number of hydrogen-bond acceptors (Lipinski definition) is 1. The molecule has 1 atom stereocenters. The summed E-state index contributed by atoms with van der Waals surface area (Å²) in [7, 11) is 0. The zero-order valence-corrected chi connectivity index (χ0v) is 13.2. The Morgan fingerprint density at radius 2 is 1.76 bits per heavy atom. The molecule has 0 saturated carbocycles. The van der Waals surface area contributed by atoms with Gasteiger partial charge in [-0.25, -0.2) is 0 Å². The molecular weight excluding hydrogens is 254 g/mol. The van der Waals surface area contributed by atoms with Crippen molar-refractivity contribution in [1.82, 2.24) is 0 Å². The van der Waals surface area contributed by atoms with Crippen LogP contribution in [-0.4, -0.2) is 0 Å². The lowest BCUT2D eigenvalue weighted by atomic mass is 10.0. The zero-order valence-electron chi connectivity index (χ0n) is 13.2. The minimum Gasteiger partial charge on any atom is -0.379 e. The maximum Gasteiger partial charge on any atom is 0.0485 e. The number of hydrogen-bond donors (Lipinski definition) is 1. The molecule has 1 heteroatoms. The summed E-state index contributed by atoms with van der Waals surface area (Å²) < 4.78 is 0. The van der Waals surface area contributed by atoms with E-state index in [4.69, 9.17) is 0 Å². The second kappa shape index (κ2) is 6.34. The van der Waals surface area contributed by atoms with Gasteiger partial charge in [-0.05, 0) is 67.0 Å². The van der Waals surface area contributed by atoms with Crippen LogP contribution in [0.4, 0.5) is 5.69 Å². The van der Waals surface area contributed by atoms with Gasteiger partial charge in [-0.2, -0.15) is 0 Å². The quantitative estimate of drug-likeness (QED) is 0.783. The summed E-state index contributed by atoms with van der Waals surface area (Å²) in [4.78, 5) is 0. The highest BCUT2D eigenvalue weighted by atomic mass is 14.9. The third-order valence-electron chi connectivity index (χ3n) is 4.50. The van der Waals surface area contributed by atoms with Crippen LogP contribution < -0.4 is 5.32 Å². The van der Waals surface area contributed by atoms with Crippen molar-refractivity contribution in [2.75, 3.05) is 5.32 Å². The number of fused-ring (bicyclic) bond motifs is 1. The second-order valence-corrected chi connectivity index (χ2v) is 6.19. The van der Waals surface area contributed by atoms with Gasteiger partial charge in [0.05, 0.1) is 0 Å². The summed E-state index contributed by atoms with van der Waals surface area (Å²) >= 11 is 0. The Morgan fingerprint density at radius 1 is 1.00 bits per heavy atom. The Morgan fingerprint density at radius 3 is 2.52 bits per heavy atom. The average Bonchev–Trinajstić information content (AvgIpc) is 2.97. The van der Waals surface area contributed by atoms with Crippen LogP contribution in [-0.2, 0) is 19.3 Å². The normalized spacial score (nSPS) is 14.8. The fourth-order valence-electron chi connectivity index (χ4n) is 3.25. The lowest BCUT2D eigenvalue weighted by Crippen LogP contribution is -2.07. The molecule has 2 aromatic rings. The van der Waals surface area contributed by atoms with E-state index in [-0.39, 0.29) is 0 Å². The van der Waals surface area contributed by atoms with Crippen LogP contribution in [0.2, 0.25) is 0 Å². The number of nitrogens with one attached hydrogen (secondary N) is 1. The van der Waals surface area contributed by atoms with Gasteiger partial charge < -0.3 is 5.32 Å². The van der Waals surface area contributed by atoms with Crippen molar-refractivity contribution >= 4 is 5.69 Å². The largest absolute Gasteiger partial charge is 0.379 e. The minimum atomic E-state index is 0.355. The molecule has 0 saturated heterocycles. The summed E-state index contributed by atoms with van der Waals surface area (Å²) in [6.07, 6.45) is 6.20. The van der Waals surface area contributed by atoms with Crippen molar-refractivity contribution in [2.24, 2.45) is 0 Å². The third-order valence-corrected chi connectivity index (χ3v) is 4.50. The molecule has 1 unspecified atom stereocenters. The summed E-state index contributed by atoms with van der Waals surface area (Å²) in [5, 5.41) is 3.62. The molecule has 0 amide bonds. The second-order valence-electron chi connectivity index (χ2n) is 6.19. The van der Waals surface area contributed by atoms with Gasteiger partial charge in [-0.1, -0.05) is 43.7 Å². The molecule has 110 valence electrons. The fourth-order valence-corrected chi connectivity index (χ4v) is 3.25. The predicted molar refractivity (Wildman–Crippen MR) is 90.9 cm³/mol. The van der Waals surface area contributed by atoms with E-state index < -0.39 is 0 Å². The van der Waals surface area contributed by atoms with E-state index in [0.717, 1.165) is 0 Å². The molecule has 0 aromatic heterocycles. The van der Waals surface area contributed by atoms with Gasteiger partial charge in [0.2, 0.25) is 0 Å². The van der Waals surface area contributed by atoms with Crippen molar-refractivity contribution < 1.29 is 0 Å². The van der Waals surface area contributed by atoms with Crippen LogP contribution >= 0.6 is 0 Å². The fraction of sp³-hybridized carbons (Fsp3) is 0.400. The van der Waals surface area contributed by atoms with E-state index in [1.807, 2.05) is 0 Å². The predicted octanol–water partition coefficient (Wildman–Crippen LogP) is 5.30. The molecule has 0 aliphatic heterocycles. The summed E-state index contributed by atoms with van der Waals surface area (Å²) in [6, 6.07) is 16.2.